The number of nitrogens with zero attached hydrogens (tertiary/aromatic N) is 2. The SMILES string of the molecule is COCCCN1C(=O)COc2ccc(N(C(=O)[C@H]3CNCC[C@@H]3c3csc4ccc(F)cc34)C3CC3)cc21. The van der Waals surface area contributed by atoms with Crippen LogP contribution in [0.5, 0.6) is 5.75 Å². The standard InChI is InChI=1S/C29H32FN3O4S/c1-36-12-2-11-32-25-14-20(6-7-26(25)37-16-28(32)34)33(19-4-5-19)29(35)23-15-31-10-9-21(23)24-17-38-27-8-3-18(30)13-22(24)27/h3,6-8,13-14,17,19,21,23,31H,2,4-5,9-12,15-16H2,1H3/t21-,23-/m0/s1. The van der Waals surface area contributed by atoms with E-state index in [1.165, 1.54) is 6.07 Å². The number of halogens is 1. The molecule has 3 heterocycles. The van der Waals surface area contributed by atoms with Gasteiger partial charge in [0.05, 0.1) is 11.6 Å². The number of ether oxygens (including phenoxy) is 2. The lowest BCUT2D eigenvalue weighted by atomic mass is 9.80. The Morgan fingerprint density at radius 2 is 2.11 bits per heavy atom. The van der Waals surface area contributed by atoms with E-state index in [1.807, 2.05) is 29.2 Å². The van der Waals surface area contributed by atoms with Gasteiger partial charge in [-0.2, -0.15) is 0 Å². The van der Waals surface area contributed by atoms with E-state index in [4.69, 9.17) is 9.47 Å². The van der Waals surface area contributed by atoms with E-state index in [2.05, 4.69) is 10.7 Å². The van der Waals surface area contributed by atoms with Gasteiger partial charge in [0.25, 0.3) is 5.91 Å². The van der Waals surface area contributed by atoms with Crippen LogP contribution in [0.25, 0.3) is 10.1 Å². The van der Waals surface area contributed by atoms with Crippen molar-refractivity contribution >= 4 is 44.6 Å². The zero-order chi connectivity index (χ0) is 26.2. The van der Waals surface area contributed by atoms with Gasteiger partial charge >= 0.3 is 0 Å². The first-order valence-corrected chi connectivity index (χ1v) is 14.2. The molecule has 0 radical (unpaired) electrons. The predicted octanol–water partition coefficient (Wildman–Crippen LogP) is 4.69. The fourth-order valence-corrected chi connectivity index (χ4v) is 6.79. The van der Waals surface area contributed by atoms with Crippen LogP contribution in [0.4, 0.5) is 15.8 Å². The molecular formula is C29H32FN3O4S. The van der Waals surface area contributed by atoms with Crippen molar-refractivity contribution in [1.82, 2.24) is 5.32 Å². The van der Waals surface area contributed by atoms with Gasteiger partial charge in [0, 0.05) is 43.2 Å². The average Bonchev–Trinajstić information content (AvgIpc) is 3.68. The molecule has 7 nitrogen and oxygen atoms in total. The number of hydrogen-bond donors (Lipinski definition) is 1. The number of benzene rings is 2. The normalized spacial score (nSPS) is 21.3. The number of amides is 2. The third-order valence-corrected chi connectivity index (χ3v) is 8.79. The number of nitrogens with one attached hydrogen (secondary N) is 1. The summed E-state index contributed by atoms with van der Waals surface area (Å²) in [6.07, 6.45) is 3.43. The second-order valence-electron chi connectivity index (χ2n) is 10.3. The van der Waals surface area contributed by atoms with Crippen molar-refractivity contribution in [3.63, 3.8) is 0 Å². The molecule has 3 aliphatic rings. The summed E-state index contributed by atoms with van der Waals surface area (Å²) < 4.78 is 26.1. The van der Waals surface area contributed by atoms with Gasteiger partial charge in [0.1, 0.15) is 11.6 Å². The summed E-state index contributed by atoms with van der Waals surface area (Å²) in [5.41, 5.74) is 2.55. The second-order valence-corrected chi connectivity index (χ2v) is 11.2. The van der Waals surface area contributed by atoms with Gasteiger partial charge in [-0.15, -0.1) is 11.3 Å². The third-order valence-electron chi connectivity index (χ3n) is 7.81. The fraction of sp³-hybridized carbons (Fsp3) is 0.448. The molecule has 0 spiro atoms. The summed E-state index contributed by atoms with van der Waals surface area (Å²) in [5.74, 6) is 0.121. The van der Waals surface area contributed by atoms with Gasteiger partial charge in [-0.1, -0.05) is 0 Å². The molecule has 2 fully saturated rings. The van der Waals surface area contributed by atoms with E-state index in [9.17, 15) is 14.0 Å². The first-order valence-electron chi connectivity index (χ1n) is 13.3. The predicted molar refractivity (Wildman–Crippen MR) is 147 cm³/mol. The summed E-state index contributed by atoms with van der Waals surface area (Å²) in [5, 5.41) is 6.43. The van der Waals surface area contributed by atoms with Crippen molar-refractivity contribution in [2.45, 2.75) is 37.6 Å². The van der Waals surface area contributed by atoms with Crippen LogP contribution < -0.4 is 19.9 Å². The van der Waals surface area contributed by atoms with Crippen molar-refractivity contribution in [2.24, 2.45) is 5.92 Å². The number of anilines is 2. The first kappa shape index (κ1) is 25.3. The average molecular weight is 538 g/mol. The highest BCUT2D eigenvalue weighted by atomic mass is 32.1. The van der Waals surface area contributed by atoms with Gasteiger partial charge in [-0.05, 0) is 90.9 Å². The molecule has 1 N–H and O–H groups in total. The monoisotopic (exact) mass is 537 g/mol. The van der Waals surface area contributed by atoms with E-state index >= 15 is 0 Å². The molecule has 6 rings (SSSR count). The van der Waals surface area contributed by atoms with Crippen LogP contribution in [-0.4, -0.2) is 57.8 Å². The molecule has 2 atom stereocenters. The van der Waals surface area contributed by atoms with Crippen LogP contribution >= 0.6 is 11.3 Å². The first-order chi connectivity index (χ1) is 18.5. The number of rotatable bonds is 8. The van der Waals surface area contributed by atoms with E-state index in [0.717, 1.165) is 47.1 Å². The highest BCUT2D eigenvalue weighted by molar-refractivity contribution is 7.17. The quantitative estimate of drug-likeness (QED) is 0.422. The van der Waals surface area contributed by atoms with Gasteiger partial charge in [-0.25, -0.2) is 4.39 Å². The van der Waals surface area contributed by atoms with Crippen LogP contribution in [0.2, 0.25) is 0 Å². The molecule has 2 aromatic carbocycles. The van der Waals surface area contributed by atoms with E-state index in [1.54, 1.807) is 29.4 Å². The van der Waals surface area contributed by atoms with Crippen LogP contribution in [0, 0.1) is 11.7 Å². The minimum atomic E-state index is -0.267. The Morgan fingerprint density at radius 3 is 2.92 bits per heavy atom. The van der Waals surface area contributed by atoms with E-state index in [-0.39, 0.29) is 42.1 Å². The van der Waals surface area contributed by atoms with Crippen molar-refractivity contribution in [3.05, 3.63) is 53.2 Å². The number of piperidine rings is 1. The Hall–Kier alpha value is -3.01. The maximum atomic E-state index is 14.3. The lowest BCUT2D eigenvalue weighted by Crippen LogP contribution is -2.47. The summed E-state index contributed by atoms with van der Waals surface area (Å²) in [4.78, 5) is 30.7. The van der Waals surface area contributed by atoms with Gasteiger partial charge in [0.15, 0.2) is 6.61 Å². The molecule has 200 valence electrons. The topological polar surface area (TPSA) is 71.1 Å². The Bertz CT molecular complexity index is 1360. The maximum Gasteiger partial charge on any atom is 0.265 e. The number of carbonyl (C=O) groups excluding carboxylic acids is 2. The molecule has 9 heteroatoms. The van der Waals surface area contributed by atoms with E-state index in [0.29, 0.717) is 37.6 Å². The third kappa shape index (κ3) is 4.79. The highest BCUT2D eigenvalue weighted by Gasteiger charge is 2.42. The van der Waals surface area contributed by atoms with Crippen LogP contribution in [-0.2, 0) is 14.3 Å². The van der Waals surface area contributed by atoms with Crippen molar-refractivity contribution in [1.29, 1.82) is 0 Å². The fourth-order valence-electron chi connectivity index (χ4n) is 5.78. The summed E-state index contributed by atoms with van der Waals surface area (Å²) in [6.45, 7) is 2.49. The second kappa shape index (κ2) is 10.6. The number of methoxy groups -OCH3 is 1. The minimum absolute atomic E-state index is 0.00799. The zero-order valence-electron chi connectivity index (χ0n) is 21.5. The lowest BCUT2D eigenvalue weighted by molar-refractivity contribution is -0.123. The van der Waals surface area contributed by atoms with Crippen LogP contribution in [0.1, 0.15) is 37.2 Å². The number of fused-ring (bicyclic) bond motifs is 2. The molecular weight excluding hydrogens is 505 g/mol. The van der Waals surface area contributed by atoms with Crippen LogP contribution in [0.3, 0.4) is 0 Å². The molecule has 1 saturated heterocycles. The molecule has 0 unspecified atom stereocenters. The zero-order valence-corrected chi connectivity index (χ0v) is 22.3. The summed E-state index contributed by atoms with van der Waals surface area (Å²) in [7, 11) is 1.65. The van der Waals surface area contributed by atoms with Crippen molar-refractivity contribution < 1.29 is 23.5 Å². The van der Waals surface area contributed by atoms with Crippen molar-refractivity contribution in [2.75, 3.05) is 49.8 Å². The molecule has 3 aromatic rings. The highest BCUT2D eigenvalue weighted by Crippen LogP contribution is 2.43. The van der Waals surface area contributed by atoms with Gasteiger partial charge in [0.2, 0.25) is 5.91 Å². The van der Waals surface area contributed by atoms with Gasteiger partial charge in [-0.3, -0.25) is 9.59 Å². The van der Waals surface area contributed by atoms with E-state index < -0.39 is 0 Å². The minimum Gasteiger partial charge on any atom is -0.482 e. The molecule has 1 aliphatic carbocycles. The number of thiophene rings is 1. The Balaban J connectivity index is 1.33. The summed E-state index contributed by atoms with van der Waals surface area (Å²) in [6, 6.07) is 10.8. The molecule has 2 aliphatic heterocycles. The maximum absolute atomic E-state index is 14.3. The summed E-state index contributed by atoms with van der Waals surface area (Å²) >= 11 is 1.61. The Kier molecular flexibility index (Phi) is 7.07. The lowest BCUT2D eigenvalue weighted by Gasteiger charge is -2.36. The number of carbonyl (C=O) groups is 2. The Morgan fingerprint density at radius 1 is 1.24 bits per heavy atom. The van der Waals surface area contributed by atoms with Crippen molar-refractivity contribution in [3.8, 4) is 5.75 Å². The molecule has 2 amide bonds. The van der Waals surface area contributed by atoms with Gasteiger partial charge < -0.3 is 24.6 Å². The molecule has 1 saturated carbocycles. The largest absolute Gasteiger partial charge is 0.482 e. The molecule has 1 aromatic heterocycles. The molecule has 38 heavy (non-hydrogen) atoms. The molecule has 0 bridgehead atoms. The Labute approximate surface area is 225 Å². The smallest absolute Gasteiger partial charge is 0.265 e. The van der Waals surface area contributed by atoms with Crippen LogP contribution in [0.15, 0.2) is 41.8 Å². The number of hydrogen-bond acceptors (Lipinski definition) is 6.